The number of hydrogen-bond donors (Lipinski definition) is 0. The number of alkyl halides is 2. The Morgan fingerprint density at radius 2 is 1.76 bits per heavy atom. The molecule has 0 radical (unpaired) electrons. The number of para-hydroxylation sites is 2. The minimum absolute atomic E-state index is 0.101. The number of thiophene rings is 2. The van der Waals surface area contributed by atoms with E-state index >= 15 is 0 Å². The van der Waals surface area contributed by atoms with Gasteiger partial charge in [-0.05, 0) is 47.3 Å². The molecule has 1 amide bonds. The van der Waals surface area contributed by atoms with Crippen LogP contribution >= 0.6 is 46.0 Å². The van der Waals surface area contributed by atoms with Crippen molar-refractivity contribution in [3.05, 3.63) is 115 Å². The number of methoxy groups -OCH3 is 2. The number of thioether (sulfide) groups is 1. The fourth-order valence-electron chi connectivity index (χ4n) is 5.84. The SMILES string of the molecule is COc1cc(C2CC(c3cccs3)=NN2C(=O)CSc2nc3scc(-c4ccccc4Cl)c3c(=O)n2-c2ccccc2OC)ccc1OC(F)F. The molecule has 7 rings (SSSR count). The molecule has 3 aromatic carbocycles. The van der Waals surface area contributed by atoms with E-state index in [-0.39, 0.29) is 33.9 Å². The number of aromatic nitrogens is 2. The van der Waals surface area contributed by atoms with Gasteiger partial charge in [0, 0.05) is 28.0 Å². The number of ether oxygens (including phenoxy) is 3. The van der Waals surface area contributed by atoms with Gasteiger partial charge in [0.05, 0.1) is 47.7 Å². The number of carbonyl (C=O) groups excluding carboxylic acids is 1. The van der Waals surface area contributed by atoms with E-state index in [2.05, 4.69) is 4.74 Å². The van der Waals surface area contributed by atoms with E-state index in [1.54, 1.807) is 42.5 Å². The number of rotatable bonds is 11. The van der Waals surface area contributed by atoms with Gasteiger partial charge in [0.25, 0.3) is 11.5 Å². The highest BCUT2D eigenvalue weighted by atomic mass is 35.5. The highest BCUT2D eigenvalue weighted by Gasteiger charge is 2.34. The minimum Gasteiger partial charge on any atom is -0.495 e. The fraction of sp³-hybridized carbons (Fsp3) is 0.167. The molecule has 6 aromatic rings. The first-order valence-corrected chi connectivity index (χ1v) is 18.5. The summed E-state index contributed by atoms with van der Waals surface area (Å²) >= 11 is 10.5. The van der Waals surface area contributed by atoms with Crippen molar-refractivity contribution in [3.8, 4) is 34.1 Å². The number of nitrogens with zero attached hydrogens (tertiary/aromatic N) is 4. The average Bonchev–Trinajstić information content (AvgIpc) is 3.92. The summed E-state index contributed by atoms with van der Waals surface area (Å²) in [7, 11) is 2.87. The van der Waals surface area contributed by atoms with Gasteiger partial charge in [-0.2, -0.15) is 13.9 Å². The molecule has 1 aliphatic rings. The van der Waals surface area contributed by atoms with Crippen LogP contribution in [0.25, 0.3) is 27.0 Å². The van der Waals surface area contributed by atoms with Crippen molar-refractivity contribution in [1.82, 2.24) is 14.6 Å². The zero-order chi connectivity index (χ0) is 35.6. The molecule has 3 aromatic heterocycles. The summed E-state index contributed by atoms with van der Waals surface area (Å²) < 4.78 is 43.1. The third-order valence-corrected chi connectivity index (χ3v) is 11.2. The zero-order valence-electron chi connectivity index (χ0n) is 26.9. The molecule has 260 valence electrons. The number of fused-ring (bicyclic) bond motifs is 1. The third-order valence-electron chi connectivity index (χ3n) is 8.15. The van der Waals surface area contributed by atoms with Gasteiger partial charge >= 0.3 is 6.61 Å². The van der Waals surface area contributed by atoms with Crippen molar-refractivity contribution in [1.29, 1.82) is 0 Å². The molecule has 0 bridgehead atoms. The van der Waals surface area contributed by atoms with E-state index in [4.69, 9.17) is 31.2 Å². The maximum absolute atomic E-state index is 14.5. The van der Waals surface area contributed by atoms with Gasteiger partial charge in [-0.3, -0.25) is 14.2 Å². The highest BCUT2D eigenvalue weighted by molar-refractivity contribution is 7.99. The second-order valence-electron chi connectivity index (χ2n) is 11.1. The molecule has 0 N–H and O–H groups in total. The standard InChI is InChI=1S/C36H27ClF2N4O5S3/c1-46-27-11-6-5-10-25(27)42-34(45)32-22(21-8-3-4-9-23(21)37)18-50-33(32)40-36(42)51-19-31(44)43-26(17-24(41-43)30-12-7-15-49-30)20-13-14-28(48-35(38)39)29(16-20)47-2/h3-16,18,26,35H,17,19H2,1-2H3. The molecule has 1 unspecified atom stereocenters. The first-order valence-electron chi connectivity index (χ1n) is 15.4. The molecule has 4 heterocycles. The van der Waals surface area contributed by atoms with Crippen LogP contribution in [0.2, 0.25) is 5.02 Å². The number of benzene rings is 3. The Labute approximate surface area is 307 Å². The maximum atomic E-state index is 14.5. The van der Waals surface area contributed by atoms with Crippen LogP contribution in [-0.4, -0.2) is 52.8 Å². The van der Waals surface area contributed by atoms with Crippen LogP contribution in [0.1, 0.15) is 22.9 Å². The van der Waals surface area contributed by atoms with Crippen LogP contribution in [0.4, 0.5) is 8.78 Å². The van der Waals surface area contributed by atoms with Crippen molar-refractivity contribution in [2.75, 3.05) is 20.0 Å². The van der Waals surface area contributed by atoms with Gasteiger partial charge < -0.3 is 14.2 Å². The smallest absolute Gasteiger partial charge is 0.387 e. The summed E-state index contributed by atoms with van der Waals surface area (Å²) in [5.74, 6) is -0.0560. The summed E-state index contributed by atoms with van der Waals surface area (Å²) in [6, 6.07) is 22.2. The van der Waals surface area contributed by atoms with Crippen LogP contribution < -0.4 is 19.8 Å². The van der Waals surface area contributed by atoms with Crippen LogP contribution in [0, 0.1) is 0 Å². The first kappa shape index (κ1) is 34.7. The first-order chi connectivity index (χ1) is 24.8. The van der Waals surface area contributed by atoms with E-state index in [0.29, 0.717) is 55.5 Å². The average molecular weight is 765 g/mol. The molecule has 0 fully saturated rings. The molecular formula is C36H27ClF2N4O5S3. The molecule has 15 heteroatoms. The molecule has 0 spiro atoms. The normalized spacial score (nSPS) is 14.3. The summed E-state index contributed by atoms with van der Waals surface area (Å²) in [5.41, 5.74) is 2.81. The Morgan fingerprint density at radius 1 is 0.980 bits per heavy atom. The van der Waals surface area contributed by atoms with E-state index in [1.165, 1.54) is 52.5 Å². The van der Waals surface area contributed by atoms with Crippen molar-refractivity contribution in [3.63, 3.8) is 0 Å². The Hall–Kier alpha value is -4.76. The number of carbonyl (C=O) groups is 1. The van der Waals surface area contributed by atoms with Crippen molar-refractivity contribution in [2.24, 2.45) is 5.10 Å². The number of hydrogen-bond acceptors (Lipinski definition) is 10. The number of halogens is 3. The maximum Gasteiger partial charge on any atom is 0.387 e. The van der Waals surface area contributed by atoms with E-state index in [0.717, 1.165) is 16.6 Å². The zero-order valence-corrected chi connectivity index (χ0v) is 30.1. The quantitative estimate of drug-likeness (QED) is 0.0961. The van der Waals surface area contributed by atoms with Crippen LogP contribution in [-0.2, 0) is 4.79 Å². The Morgan fingerprint density at radius 3 is 2.51 bits per heavy atom. The van der Waals surface area contributed by atoms with Crippen LogP contribution in [0.5, 0.6) is 17.2 Å². The Bertz CT molecular complexity index is 2330. The van der Waals surface area contributed by atoms with Gasteiger partial charge in [-0.25, -0.2) is 9.99 Å². The van der Waals surface area contributed by atoms with E-state index in [9.17, 15) is 18.4 Å². The van der Waals surface area contributed by atoms with Gasteiger partial charge in [0.15, 0.2) is 16.7 Å². The largest absolute Gasteiger partial charge is 0.495 e. The third kappa shape index (κ3) is 6.84. The van der Waals surface area contributed by atoms with Crippen LogP contribution in [0.15, 0.2) is 105 Å². The molecule has 9 nitrogen and oxygen atoms in total. The van der Waals surface area contributed by atoms with E-state index in [1.807, 2.05) is 41.1 Å². The monoisotopic (exact) mass is 764 g/mol. The van der Waals surface area contributed by atoms with Crippen molar-refractivity contribution >= 4 is 67.9 Å². The van der Waals surface area contributed by atoms with Crippen molar-refractivity contribution in [2.45, 2.75) is 24.2 Å². The van der Waals surface area contributed by atoms with Crippen LogP contribution in [0.3, 0.4) is 0 Å². The number of hydrazone groups is 1. The molecule has 0 saturated carbocycles. The highest BCUT2D eigenvalue weighted by Crippen LogP contribution is 2.40. The predicted octanol–water partition coefficient (Wildman–Crippen LogP) is 8.92. The lowest BCUT2D eigenvalue weighted by atomic mass is 10.0. The topological polar surface area (TPSA) is 95.2 Å². The summed E-state index contributed by atoms with van der Waals surface area (Å²) in [6.45, 7) is -3.03. The van der Waals surface area contributed by atoms with Gasteiger partial charge in [0.1, 0.15) is 10.6 Å². The minimum atomic E-state index is -3.03. The second-order valence-corrected chi connectivity index (χ2v) is 14.2. The summed E-state index contributed by atoms with van der Waals surface area (Å²) in [5, 5.41) is 11.1. The second kappa shape index (κ2) is 14.8. The summed E-state index contributed by atoms with van der Waals surface area (Å²) in [4.78, 5) is 34.9. The van der Waals surface area contributed by atoms with Gasteiger partial charge in [-0.1, -0.05) is 65.8 Å². The van der Waals surface area contributed by atoms with E-state index < -0.39 is 12.7 Å². The van der Waals surface area contributed by atoms with Crippen molar-refractivity contribution < 1.29 is 27.8 Å². The lowest BCUT2D eigenvalue weighted by molar-refractivity contribution is -0.130. The Kier molecular flexibility index (Phi) is 10.1. The molecule has 1 atom stereocenters. The fourth-order valence-corrected chi connectivity index (χ4v) is 8.64. The lowest BCUT2D eigenvalue weighted by Crippen LogP contribution is -2.29. The lowest BCUT2D eigenvalue weighted by Gasteiger charge is -2.23. The van der Waals surface area contributed by atoms with Gasteiger partial charge in [0.2, 0.25) is 0 Å². The predicted molar refractivity (Wildman–Crippen MR) is 198 cm³/mol. The molecule has 0 saturated heterocycles. The Balaban J connectivity index is 1.27. The molecule has 1 aliphatic heterocycles. The van der Waals surface area contributed by atoms with Gasteiger partial charge in [-0.15, -0.1) is 22.7 Å². The molecule has 51 heavy (non-hydrogen) atoms. The number of amides is 1. The molecular weight excluding hydrogens is 738 g/mol. The summed E-state index contributed by atoms with van der Waals surface area (Å²) in [6.07, 6.45) is 0.380. The molecule has 0 aliphatic carbocycles.